The van der Waals surface area contributed by atoms with Crippen molar-refractivity contribution in [3.63, 3.8) is 0 Å². The first kappa shape index (κ1) is 13.0. The highest BCUT2D eigenvalue weighted by Crippen LogP contribution is 2.23. The van der Waals surface area contributed by atoms with E-state index < -0.39 is 0 Å². The molecule has 0 fully saturated rings. The number of hydrogen-bond acceptors (Lipinski definition) is 2. The third kappa shape index (κ3) is 3.53. The maximum absolute atomic E-state index is 5.75. The molecule has 0 spiro atoms. The van der Waals surface area contributed by atoms with Gasteiger partial charge in [-0.05, 0) is 49.1 Å². The Morgan fingerprint density at radius 1 is 1.12 bits per heavy atom. The Kier molecular flexibility index (Phi) is 5.33. The highest BCUT2D eigenvalue weighted by Gasteiger charge is 2.05. The van der Waals surface area contributed by atoms with Crippen LogP contribution in [0.3, 0.4) is 0 Å². The molecule has 0 N–H and O–H groups in total. The molecule has 16 heavy (non-hydrogen) atoms. The van der Waals surface area contributed by atoms with Crippen LogP contribution in [0.15, 0.2) is 12.1 Å². The van der Waals surface area contributed by atoms with Gasteiger partial charge in [0.2, 0.25) is 0 Å². The van der Waals surface area contributed by atoms with Crippen LogP contribution >= 0.6 is 0 Å². The lowest BCUT2D eigenvalue weighted by Crippen LogP contribution is -2.00. The number of benzene rings is 1. The summed E-state index contributed by atoms with van der Waals surface area (Å²) in [5, 5.41) is 0. The summed E-state index contributed by atoms with van der Waals surface area (Å²) in [6, 6.07) is 4.26. The van der Waals surface area contributed by atoms with Crippen molar-refractivity contribution in [2.24, 2.45) is 0 Å². The summed E-state index contributed by atoms with van der Waals surface area (Å²) < 4.78 is 10.9. The predicted octanol–water partition coefficient (Wildman–Crippen LogP) is 3.63. The van der Waals surface area contributed by atoms with E-state index in [9.17, 15) is 0 Å². The van der Waals surface area contributed by atoms with E-state index in [4.69, 9.17) is 9.47 Å². The summed E-state index contributed by atoms with van der Waals surface area (Å²) in [5.74, 6) is 1.01. The van der Waals surface area contributed by atoms with Gasteiger partial charge in [-0.25, -0.2) is 0 Å². The lowest BCUT2D eigenvalue weighted by atomic mass is 10.1. The van der Waals surface area contributed by atoms with Crippen LogP contribution in [0, 0.1) is 13.8 Å². The molecule has 0 bridgehead atoms. The Morgan fingerprint density at radius 2 is 1.88 bits per heavy atom. The van der Waals surface area contributed by atoms with Crippen LogP contribution in [0.1, 0.15) is 36.5 Å². The average molecular weight is 222 g/mol. The standard InChI is InChI=1S/C14H22O2/c1-5-6-7-16-14-9-11(2)13(10-15-4)8-12(14)3/h8-9H,5-7,10H2,1-4H3. The summed E-state index contributed by atoms with van der Waals surface area (Å²) in [6.07, 6.45) is 2.28. The van der Waals surface area contributed by atoms with Crippen molar-refractivity contribution in [1.29, 1.82) is 0 Å². The van der Waals surface area contributed by atoms with Gasteiger partial charge in [0.05, 0.1) is 13.2 Å². The molecule has 1 aromatic carbocycles. The summed E-state index contributed by atoms with van der Waals surface area (Å²) in [6.45, 7) is 7.83. The zero-order valence-corrected chi connectivity index (χ0v) is 10.8. The Bertz CT molecular complexity index is 332. The van der Waals surface area contributed by atoms with E-state index in [-0.39, 0.29) is 0 Å². The van der Waals surface area contributed by atoms with Crippen molar-refractivity contribution in [1.82, 2.24) is 0 Å². The number of hydrogen-bond donors (Lipinski definition) is 0. The van der Waals surface area contributed by atoms with E-state index >= 15 is 0 Å². The van der Waals surface area contributed by atoms with Gasteiger partial charge in [-0.2, -0.15) is 0 Å². The molecular formula is C14H22O2. The van der Waals surface area contributed by atoms with Gasteiger partial charge < -0.3 is 9.47 Å². The molecule has 2 heteroatoms. The van der Waals surface area contributed by atoms with Crippen LogP contribution in [0.2, 0.25) is 0 Å². The number of unbranched alkanes of at least 4 members (excludes halogenated alkanes) is 1. The normalized spacial score (nSPS) is 10.5. The van der Waals surface area contributed by atoms with Gasteiger partial charge in [0.15, 0.2) is 0 Å². The third-order valence-electron chi connectivity index (χ3n) is 2.69. The average Bonchev–Trinajstić information content (AvgIpc) is 2.25. The molecule has 0 saturated carbocycles. The molecule has 90 valence electrons. The topological polar surface area (TPSA) is 18.5 Å². The van der Waals surface area contributed by atoms with Gasteiger partial charge >= 0.3 is 0 Å². The van der Waals surface area contributed by atoms with Crippen molar-refractivity contribution < 1.29 is 9.47 Å². The van der Waals surface area contributed by atoms with E-state index in [1.54, 1.807) is 7.11 Å². The zero-order chi connectivity index (χ0) is 12.0. The zero-order valence-electron chi connectivity index (χ0n) is 10.8. The molecule has 0 saturated heterocycles. The van der Waals surface area contributed by atoms with Gasteiger partial charge in [-0.3, -0.25) is 0 Å². The summed E-state index contributed by atoms with van der Waals surface area (Å²) in [5.41, 5.74) is 3.66. The van der Waals surface area contributed by atoms with Crippen LogP contribution in [-0.4, -0.2) is 13.7 Å². The van der Waals surface area contributed by atoms with Crippen molar-refractivity contribution in [2.45, 2.75) is 40.2 Å². The highest BCUT2D eigenvalue weighted by molar-refractivity contribution is 5.41. The number of rotatable bonds is 6. The maximum Gasteiger partial charge on any atom is 0.122 e. The first-order valence-corrected chi connectivity index (χ1v) is 5.91. The maximum atomic E-state index is 5.75. The van der Waals surface area contributed by atoms with E-state index in [0.29, 0.717) is 6.61 Å². The van der Waals surface area contributed by atoms with Crippen LogP contribution < -0.4 is 4.74 Å². The van der Waals surface area contributed by atoms with Crippen LogP contribution in [-0.2, 0) is 11.3 Å². The monoisotopic (exact) mass is 222 g/mol. The quantitative estimate of drug-likeness (QED) is 0.684. The van der Waals surface area contributed by atoms with Crippen molar-refractivity contribution in [3.8, 4) is 5.75 Å². The molecule has 0 aliphatic heterocycles. The minimum Gasteiger partial charge on any atom is -0.493 e. The van der Waals surface area contributed by atoms with Gasteiger partial charge in [-0.15, -0.1) is 0 Å². The van der Waals surface area contributed by atoms with Crippen molar-refractivity contribution >= 4 is 0 Å². The summed E-state index contributed by atoms with van der Waals surface area (Å²) >= 11 is 0. The third-order valence-corrected chi connectivity index (χ3v) is 2.69. The van der Waals surface area contributed by atoms with Gasteiger partial charge in [0, 0.05) is 7.11 Å². The lowest BCUT2D eigenvalue weighted by molar-refractivity contribution is 0.184. The molecule has 0 aliphatic rings. The Hall–Kier alpha value is -1.02. The minimum absolute atomic E-state index is 0.669. The van der Waals surface area contributed by atoms with Gasteiger partial charge in [0.25, 0.3) is 0 Å². The molecule has 2 nitrogen and oxygen atoms in total. The molecule has 0 amide bonds. The van der Waals surface area contributed by atoms with E-state index in [2.05, 4.69) is 32.9 Å². The van der Waals surface area contributed by atoms with Crippen LogP contribution in [0.4, 0.5) is 0 Å². The molecule has 0 atom stereocenters. The van der Waals surface area contributed by atoms with E-state index in [1.165, 1.54) is 23.1 Å². The Morgan fingerprint density at radius 3 is 2.50 bits per heavy atom. The second-order valence-electron chi connectivity index (χ2n) is 4.18. The van der Waals surface area contributed by atoms with E-state index in [0.717, 1.165) is 18.8 Å². The fourth-order valence-electron chi connectivity index (χ4n) is 1.64. The summed E-state index contributed by atoms with van der Waals surface area (Å²) in [4.78, 5) is 0. The highest BCUT2D eigenvalue weighted by atomic mass is 16.5. The fraction of sp³-hybridized carbons (Fsp3) is 0.571. The first-order chi connectivity index (χ1) is 7.69. The fourth-order valence-corrected chi connectivity index (χ4v) is 1.64. The summed E-state index contributed by atoms with van der Waals surface area (Å²) in [7, 11) is 1.72. The molecule has 0 aromatic heterocycles. The molecule has 0 heterocycles. The molecule has 0 radical (unpaired) electrons. The lowest BCUT2D eigenvalue weighted by Gasteiger charge is -2.12. The number of ether oxygens (including phenoxy) is 2. The molecule has 0 unspecified atom stereocenters. The van der Waals surface area contributed by atoms with Crippen molar-refractivity contribution in [2.75, 3.05) is 13.7 Å². The molecule has 1 aromatic rings. The minimum atomic E-state index is 0.669. The smallest absolute Gasteiger partial charge is 0.122 e. The van der Waals surface area contributed by atoms with Crippen molar-refractivity contribution in [3.05, 3.63) is 28.8 Å². The SMILES string of the molecule is CCCCOc1cc(C)c(COC)cc1C. The van der Waals surface area contributed by atoms with Gasteiger partial charge in [-0.1, -0.05) is 13.3 Å². The molecule has 1 rings (SSSR count). The second kappa shape index (κ2) is 6.54. The van der Waals surface area contributed by atoms with Crippen LogP contribution in [0.25, 0.3) is 0 Å². The predicted molar refractivity (Wildman–Crippen MR) is 67.0 cm³/mol. The van der Waals surface area contributed by atoms with Crippen LogP contribution in [0.5, 0.6) is 5.75 Å². The largest absolute Gasteiger partial charge is 0.493 e. The van der Waals surface area contributed by atoms with E-state index in [1.807, 2.05) is 0 Å². The first-order valence-electron chi connectivity index (χ1n) is 5.91. The Labute approximate surface area is 98.6 Å². The molecular weight excluding hydrogens is 200 g/mol. The van der Waals surface area contributed by atoms with Gasteiger partial charge in [0.1, 0.15) is 5.75 Å². The second-order valence-corrected chi connectivity index (χ2v) is 4.18. The Balaban J connectivity index is 2.75. The number of methoxy groups -OCH3 is 1. The number of aryl methyl sites for hydroxylation is 2. The molecule has 0 aliphatic carbocycles.